The third-order valence-corrected chi connectivity index (χ3v) is 2.10. The Kier molecular flexibility index (Phi) is 2.86. The summed E-state index contributed by atoms with van der Waals surface area (Å²) in [6, 6.07) is 1.89. The van der Waals surface area contributed by atoms with Gasteiger partial charge in [-0.25, -0.2) is 0 Å². The van der Waals surface area contributed by atoms with Crippen LogP contribution >= 0.6 is 11.6 Å². The lowest BCUT2D eigenvalue weighted by atomic mass is 10.1. The van der Waals surface area contributed by atoms with Gasteiger partial charge in [-0.3, -0.25) is 0 Å². The maximum absolute atomic E-state index is 12.3. The number of phenols is 1. The van der Waals surface area contributed by atoms with Crippen LogP contribution < -0.4 is 5.73 Å². The van der Waals surface area contributed by atoms with Gasteiger partial charge >= 0.3 is 6.18 Å². The molecule has 0 saturated heterocycles. The summed E-state index contributed by atoms with van der Waals surface area (Å²) in [4.78, 5) is 0. The fourth-order valence-corrected chi connectivity index (χ4v) is 1.24. The molecule has 0 aromatic heterocycles. The van der Waals surface area contributed by atoms with E-state index < -0.39 is 11.7 Å². The van der Waals surface area contributed by atoms with Gasteiger partial charge in [0.15, 0.2) is 0 Å². The third kappa shape index (κ3) is 2.36. The van der Waals surface area contributed by atoms with Crippen molar-refractivity contribution < 1.29 is 18.3 Å². The number of allylic oxidation sites excluding steroid dienone is 1. The molecule has 15 heavy (non-hydrogen) atoms. The number of hydrogen-bond donors (Lipinski definition) is 2. The SMILES string of the molecule is C=C(c1cc(N)c(O)cc1Cl)C(F)(F)F. The van der Waals surface area contributed by atoms with Crippen LogP contribution in [-0.2, 0) is 0 Å². The fourth-order valence-electron chi connectivity index (χ4n) is 0.963. The molecule has 0 spiro atoms. The minimum atomic E-state index is -4.58. The van der Waals surface area contributed by atoms with Crippen molar-refractivity contribution in [1.82, 2.24) is 0 Å². The molecule has 6 heteroatoms. The highest BCUT2D eigenvalue weighted by Crippen LogP contribution is 2.38. The number of alkyl halides is 3. The van der Waals surface area contributed by atoms with Crippen LogP contribution in [0.15, 0.2) is 18.7 Å². The molecule has 0 unspecified atom stereocenters. The number of phenolic OH excluding ortho intramolecular Hbond substituents is 1. The molecule has 0 fully saturated rings. The first-order valence-corrected chi connectivity index (χ1v) is 4.15. The summed E-state index contributed by atoms with van der Waals surface area (Å²) in [6.07, 6.45) is -4.58. The normalized spacial score (nSPS) is 11.5. The largest absolute Gasteiger partial charge is 0.506 e. The molecule has 0 radical (unpaired) electrons. The molecule has 0 bridgehead atoms. The fraction of sp³-hybridized carbons (Fsp3) is 0.111. The molecule has 82 valence electrons. The van der Waals surface area contributed by atoms with Gasteiger partial charge in [-0.2, -0.15) is 13.2 Å². The van der Waals surface area contributed by atoms with Crippen molar-refractivity contribution in [1.29, 1.82) is 0 Å². The van der Waals surface area contributed by atoms with Crippen LogP contribution in [0.3, 0.4) is 0 Å². The topological polar surface area (TPSA) is 46.2 Å². The zero-order valence-electron chi connectivity index (χ0n) is 7.40. The predicted octanol–water partition coefficient (Wildman–Crippen LogP) is 3.20. The zero-order valence-corrected chi connectivity index (χ0v) is 8.15. The molecule has 0 saturated carbocycles. The summed E-state index contributed by atoms with van der Waals surface area (Å²) in [5.74, 6) is -0.362. The summed E-state index contributed by atoms with van der Waals surface area (Å²) >= 11 is 5.53. The van der Waals surface area contributed by atoms with Gasteiger partial charge < -0.3 is 10.8 Å². The first kappa shape index (κ1) is 11.7. The Labute approximate surface area is 88.8 Å². The Balaban J connectivity index is 3.28. The van der Waals surface area contributed by atoms with Crippen LogP contribution in [0, 0.1) is 0 Å². The molecule has 0 aliphatic rings. The Morgan fingerprint density at radius 1 is 1.40 bits per heavy atom. The van der Waals surface area contributed by atoms with E-state index in [-0.39, 0.29) is 22.0 Å². The van der Waals surface area contributed by atoms with E-state index in [9.17, 15) is 13.2 Å². The molecule has 0 amide bonds. The molecule has 0 heterocycles. The molecule has 0 aliphatic heterocycles. The number of benzene rings is 1. The summed E-state index contributed by atoms with van der Waals surface area (Å²) in [5, 5.41) is 8.84. The number of anilines is 1. The van der Waals surface area contributed by atoms with E-state index in [0.29, 0.717) is 0 Å². The number of nitrogen functional groups attached to an aromatic ring is 1. The average Bonchev–Trinajstić information content (AvgIpc) is 2.08. The van der Waals surface area contributed by atoms with Crippen molar-refractivity contribution in [3.05, 3.63) is 29.3 Å². The second-order valence-corrected chi connectivity index (χ2v) is 3.27. The molecule has 1 aromatic carbocycles. The first-order valence-electron chi connectivity index (χ1n) is 3.78. The van der Waals surface area contributed by atoms with Gasteiger partial charge in [-0.05, 0) is 6.07 Å². The Bertz CT molecular complexity index is 415. The molecule has 0 aliphatic carbocycles. The van der Waals surface area contributed by atoms with Crippen LogP contribution in [0.1, 0.15) is 5.56 Å². The lowest BCUT2D eigenvalue weighted by Crippen LogP contribution is -2.10. The second kappa shape index (κ2) is 3.66. The van der Waals surface area contributed by atoms with Gasteiger partial charge in [0.2, 0.25) is 0 Å². The summed E-state index contributed by atoms with van der Waals surface area (Å²) in [5.41, 5.74) is 3.64. The van der Waals surface area contributed by atoms with Crippen LogP contribution in [0.4, 0.5) is 18.9 Å². The van der Waals surface area contributed by atoms with Gasteiger partial charge in [0.1, 0.15) is 5.75 Å². The van der Waals surface area contributed by atoms with Gasteiger partial charge in [-0.15, -0.1) is 0 Å². The Hall–Kier alpha value is -1.36. The molecular weight excluding hydrogens is 231 g/mol. The highest BCUT2D eigenvalue weighted by Gasteiger charge is 2.34. The highest BCUT2D eigenvalue weighted by molar-refractivity contribution is 6.32. The third-order valence-electron chi connectivity index (χ3n) is 1.78. The minimum Gasteiger partial charge on any atom is -0.506 e. The number of hydrogen-bond acceptors (Lipinski definition) is 2. The summed E-state index contributed by atoms with van der Waals surface area (Å²) in [6.45, 7) is 2.88. The van der Waals surface area contributed by atoms with E-state index in [2.05, 4.69) is 6.58 Å². The summed E-state index contributed by atoms with van der Waals surface area (Å²) in [7, 11) is 0. The Morgan fingerprint density at radius 3 is 2.40 bits per heavy atom. The molecule has 1 rings (SSSR count). The van der Waals surface area contributed by atoms with E-state index in [1.54, 1.807) is 0 Å². The zero-order chi connectivity index (χ0) is 11.8. The quantitative estimate of drug-likeness (QED) is 0.582. The van der Waals surface area contributed by atoms with Crippen LogP contribution in [0.25, 0.3) is 5.57 Å². The van der Waals surface area contributed by atoms with E-state index in [0.717, 1.165) is 12.1 Å². The van der Waals surface area contributed by atoms with Crippen LogP contribution in [-0.4, -0.2) is 11.3 Å². The number of rotatable bonds is 1. The van der Waals surface area contributed by atoms with E-state index in [4.69, 9.17) is 22.4 Å². The van der Waals surface area contributed by atoms with Crippen molar-refractivity contribution >= 4 is 22.9 Å². The Morgan fingerprint density at radius 2 is 1.93 bits per heavy atom. The van der Waals surface area contributed by atoms with E-state index in [1.165, 1.54) is 0 Å². The van der Waals surface area contributed by atoms with Gasteiger partial charge in [0.05, 0.1) is 16.3 Å². The lowest BCUT2D eigenvalue weighted by Gasteiger charge is -2.12. The smallest absolute Gasteiger partial charge is 0.416 e. The monoisotopic (exact) mass is 237 g/mol. The van der Waals surface area contributed by atoms with Crippen molar-refractivity contribution in [2.24, 2.45) is 0 Å². The molecule has 2 nitrogen and oxygen atoms in total. The number of aromatic hydroxyl groups is 1. The predicted molar refractivity (Wildman–Crippen MR) is 52.6 cm³/mol. The van der Waals surface area contributed by atoms with Crippen molar-refractivity contribution in [3.8, 4) is 5.75 Å². The minimum absolute atomic E-state index is 0.181. The summed E-state index contributed by atoms with van der Waals surface area (Å²) < 4.78 is 36.9. The molecule has 0 atom stereocenters. The maximum atomic E-state index is 12.3. The van der Waals surface area contributed by atoms with Gasteiger partial charge in [-0.1, -0.05) is 18.2 Å². The van der Waals surface area contributed by atoms with Crippen molar-refractivity contribution in [2.75, 3.05) is 5.73 Å². The molecule has 3 N–H and O–H groups in total. The van der Waals surface area contributed by atoms with Crippen LogP contribution in [0.5, 0.6) is 5.75 Å². The lowest BCUT2D eigenvalue weighted by molar-refractivity contribution is -0.0686. The van der Waals surface area contributed by atoms with Crippen molar-refractivity contribution in [3.63, 3.8) is 0 Å². The molecule has 1 aromatic rings. The van der Waals surface area contributed by atoms with Gasteiger partial charge in [0, 0.05) is 11.6 Å². The number of nitrogens with two attached hydrogens (primary N) is 1. The second-order valence-electron chi connectivity index (χ2n) is 2.87. The highest BCUT2D eigenvalue weighted by atomic mass is 35.5. The molecular formula is C9H7ClF3NO. The van der Waals surface area contributed by atoms with E-state index in [1.807, 2.05) is 0 Å². The van der Waals surface area contributed by atoms with Crippen molar-refractivity contribution in [2.45, 2.75) is 6.18 Å². The van der Waals surface area contributed by atoms with Gasteiger partial charge in [0.25, 0.3) is 0 Å². The van der Waals surface area contributed by atoms with E-state index >= 15 is 0 Å². The number of halogens is 4. The van der Waals surface area contributed by atoms with Crippen LogP contribution in [0.2, 0.25) is 5.02 Å². The standard InChI is InChI=1S/C9H7ClF3NO/c1-4(9(11,12)13)5-2-7(14)8(15)3-6(5)10/h2-3,15H,1,14H2. The average molecular weight is 238 g/mol. The first-order chi connectivity index (χ1) is 6.73. The maximum Gasteiger partial charge on any atom is 0.416 e.